The van der Waals surface area contributed by atoms with E-state index in [1.165, 1.54) is 11.4 Å². The lowest BCUT2D eigenvalue weighted by Crippen LogP contribution is -2.25. The van der Waals surface area contributed by atoms with Gasteiger partial charge in [-0.05, 0) is 11.4 Å². The van der Waals surface area contributed by atoms with Gasteiger partial charge < -0.3 is 9.67 Å². The molecule has 7 nitrogen and oxygen atoms in total. The van der Waals surface area contributed by atoms with E-state index in [0.717, 1.165) is 11.3 Å². The summed E-state index contributed by atoms with van der Waals surface area (Å²) < 4.78 is 28.0. The molecule has 0 radical (unpaired) electrons. The van der Waals surface area contributed by atoms with Crippen molar-refractivity contribution in [3.63, 3.8) is 0 Å². The second-order valence-electron chi connectivity index (χ2n) is 3.70. The molecular weight excluding hydrogens is 290 g/mol. The van der Waals surface area contributed by atoms with E-state index in [9.17, 15) is 13.2 Å². The number of rotatable bonds is 5. The lowest BCUT2D eigenvalue weighted by Gasteiger charge is -2.06. The number of carbonyl (C=O) groups is 1. The van der Waals surface area contributed by atoms with Crippen LogP contribution in [0.15, 0.2) is 28.7 Å². The summed E-state index contributed by atoms with van der Waals surface area (Å²) in [5.41, 5.74) is 0. The van der Waals surface area contributed by atoms with Crippen molar-refractivity contribution in [3.05, 3.63) is 34.5 Å². The Labute approximate surface area is 113 Å². The first-order valence-corrected chi connectivity index (χ1v) is 7.55. The number of carboxylic acid groups (broad SMARTS) is 1. The van der Waals surface area contributed by atoms with Crippen molar-refractivity contribution in [2.75, 3.05) is 0 Å². The Balaban J connectivity index is 2.21. The summed E-state index contributed by atoms with van der Waals surface area (Å²) in [4.78, 5) is 14.5. The summed E-state index contributed by atoms with van der Waals surface area (Å²) in [6.45, 7) is 0.000733. The lowest BCUT2D eigenvalue weighted by atomic mass is 10.5. The maximum Gasteiger partial charge on any atom is 0.347 e. The highest BCUT2D eigenvalue weighted by Gasteiger charge is 2.23. The number of nitrogens with zero attached hydrogens (tertiary/aromatic N) is 2. The van der Waals surface area contributed by atoms with Crippen molar-refractivity contribution < 1.29 is 18.3 Å². The Morgan fingerprint density at radius 3 is 2.89 bits per heavy atom. The van der Waals surface area contributed by atoms with Gasteiger partial charge in [0.25, 0.3) is 0 Å². The molecule has 0 saturated carbocycles. The predicted octanol–water partition coefficient (Wildman–Crippen LogP) is 0.658. The maximum atomic E-state index is 12.0. The van der Waals surface area contributed by atoms with Crippen molar-refractivity contribution in [3.8, 4) is 0 Å². The molecule has 2 aromatic heterocycles. The van der Waals surface area contributed by atoms with E-state index in [4.69, 9.17) is 5.11 Å². The summed E-state index contributed by atoms with van der Waals surface area (Å²) >= 11 is 0.871. The van der Waals surface area contributed by atoms with Gasteiger partial charge in [-0.2, -0.15) is 0 Å². The monoisotopic (exact) mass is 301 g/mol. The van der Waals surface area contributed by atoms with Gasteiger partial charge in [0.2, 0.25) is 10.0 Å². The minimum absolute atomic E-state index is 0.000733. The van der Waals surface area contributed by atoms with Crippen LogP contribution in [0.4, 0.5) is 0 Å². The van der Waals surface area contributed by atoms with Crippen LogP contribution in [0.25, 0.3) is 0 Å². The molecule has 0 fully saturated rings. The first-order chi connectivity index (χ1) is 8.92. The van der Waals surface area contributed by atoms with Crippen molar-refractivity contribution in [1.82, 2.24) is 14.3 Å². The highest BCUT2D eigenvalue weighted by atomic mass is 32.2. The summed E-state index contributed by atoms with van der Waals surface area (Å²) in [6, 6.07) is 1.27. The van der Waals surface area contributed by atoms with E-state index in [1.54, 1.807) is 24.0 Å². The topological polar surface area (TPSA) is 101 Å². The van der Waals surface area contributed by atoms with Gasteiger partial charge in [-0.3, -0.25) is 0 Å². The van der Waals surface area contributed by atoms with E-state index in [2.05, 4.69) is 9.71 Å². The Morgan fingerprint density at radius 2 is 2.32 bits per heavy atom. The van der Waals surface area contributed by atoms with Crippen LogP contribution in [0.2, 0.25) is 0 Å². The quantitative estimate of drug-likeness (QED) is 0.844. The first kappa shape index (κ1) is 13.7. The van der Waals surface area contributed by atoms with Crippen molar-refractivity contribution in [1.29, 1.82) is 0 Å². The van der Waals surface area contributed by atoms with Crippen LogP contribution < -0.4 is 4.72 Å². The zero-order valence-corrected chi connectivity index (χ0v) is 11.5. The van der Waals surface area contributed by atoms with E-state index in [0.29, 0.717) is 5.82 Å². The van der Waals surface area contributed by atoms with Crippen molar-refractivity contribution in [2.45, 2.75) is 11.4 Å². The van der Waals surface area contributed by atoms with Gasteiger partial charge in [-0.15, -0.1) is 11.3 Å². The molecule has 0 saturated heterocycles. The number of aryl methyl sites for hydroxylation is 1. The van der Waals surface area contributed by atoms with Gasteiger partial charge in [-0.1, -0.05) is 0 Å². The minimum atomic E-state index is -3.86. The zero-order valence-electron chi connectivity index (χ0n) is 9.90. The third kappa shape index (κ3) is 2.83. The van der Waals surface area contributed by atoms with E-state index in [1.807, 2.05) is 0 Å². The normalized spacial score (nSPS) is 11.6. The summed E-state index contributed by atoms with van der Waals surface area (Å²) in [5, 5.41) is 10.3. The fraction of sp³-hybridized carbons (Fsp3) is 0.200. The molecule has 2 aromatic rings. The molecule has 0 aromatic carbocycles. The van der Waals surface area contributed by atoms with Crippen LogP contribution in [0.1, 0.15) is 15.5 Å². The third-order valence-corrected chi connectivity index (χ3v) is 4.93. The number of carboxylic acids is 1. The number of imidazole rings is 1. The highest BCUT2D eigenvalue weighted by molar-refractivity contribution is 7.89. The molecular formula is C10H11N3O4S2. The fourth-order valence-corrected chi connectivity index (χ4v) is 3.71. The van der Waals surface area contributed by atoms with Crippen LogP contribution in [-0.2, 0) is 23.6 Å². The summed E-state index contributed by atoms with van der Waals surface area (Å²) in [7, 11) is -2.12. The van der Waals surface area contributed by atoms with Crippen molar-refractivity contribution >= 4 is 27.3 Å². The van der Waals surface area contributed by atoms with Gasteiger partial charge in [-0.25, -0.2) is 22.9 Å². The molecule has 0 aliphatic carbocycles. The Morgan fingerprint density at radius 1 is 1.58 bits per heavy atom. The lowest BCUT2D eigenvalue weighted by molar-refractivity contribution is 0.0698. The predicted molar refractivity (Wildman–Crippen MR) is 68.5 cm³/mol. The summed E-state index contributed by atoms with van der Waals surface area (Å²) in [6.07, 6.45) is 3.24. The van der Waals surface area contributed by atoms with Crippen LogP contribution in [0.5, 0.6) is 0 Å². The largest absolute Gasteiger partial charge is 0.477 e. The van der Waals surface area contributed by atoms with Crippen LogP contribution in [-0.4, -0.2) is 29.0 Å². The van der Waals surface area contributed by atoms with Gasteiger partial charge in [0.05, 0.1) is 6.54 Å². The smallest absolute Gasteiger partial charge is 0.347 e. The maximum absolute atomic E-state index is 12.0. The van der Waals surface area contributed by atoms with Gasteiger partial charge in [0.15, 0.2) is 0 Å². The van der Waals surface area contributed by atoms with Crippen LogP contribution in [0, 0.1) is 0 Å². The van der Waals surface area contributed by atoms with Crippen molar-refractivity contribution in [2.24, 2.45) is 7.05 Å². The number of aromatic nitrogens is 2. The molecule has 0 atom stereocenters. The minimum Gasteiger partial charge on any atom is -0.477 e. The molecule has 102 valence electrons. The molecule has 2 rings (SSSR count). The van der Waals surface area contributed by atoms with Crippen LogP contribution >= 0.6 is 11.3 Å². The fourth-order valence-electron chi connectivity index (χ4n) is 1.47. The number of sulfonamides is 1. The Hall–Kier alpha value is -1.71. The van der Waals surface area contributed by atoms with E-state index >= 15 is 0 Å². The molecule has 0 amide bonds. The van der Waals surface area contributed by atoms with Gasteiger partial charge in [0.1, 0.15) is 15.6 Å². The zero-order chi connectivity index (χ0) is 14.0. The average Bonchev–Trinajstić information content (AvgIpc) is 2.95. The number of aromatic carboxylic acids is 1. The molecule has 2 heterocycles. The highest BCUT2D eigenvalue weighted by Crippen LogP contribution is 2.21. The van der Waals surface area contributed by atoms with E-state index < -0.39 is 16.0 Å². The molecule has 0 aliphatic heterocycles. The SMILES string of the molecule is Cn1ccnc1CNS(=O)(=O)c1ccsc1C(=O)O. The number of hydrogen-bond acceptors (Lipinski definition) is 5. The Bertz CT molecular complexity index is 702. The average molecular weight is 301 g/mol. The molecule has 0 bridgehead atoms. The number of thiophene rings is 1. The first-order valence-electron chi connectivity index (χ1n) is 5.18. The second-order valence-corrected chi connectivity index (χ2v) is 6.35. The molecule has 0 aliphatic rings. The molecule has 0 unspecified atom stereocenters. The van der Waals surface area contributed by atoms with Gasteiger partial charge >= 0.3 is 5.97 Å². The standard InChI is InChI=1S/C10H11N3O4S2/c1-13-4-3-11-8(13)6-12-19(16,17)7-2-5-18-9(7)10(14)15/h2-5,12H,6H2,1H3,(H,14,15). The number of hydrogen-bond donors (Lipinski definition) is 2. The molecule has 2 N–H and O–H groups in total. The molecule has 9 heteroatoms. The van der Waals surface area contributed by atoms with Crippen LogP contribution in [0.3, 0.4) is 0 Å². The molecule has 19 heavy (non-hydrogen) atoms. The summed E-state index contributed by atoms with van der Waals surface area (Å²) in [5.74, 6) is -0.719. The van der Waals surface area contributed by atoms with Gasteiger partial charge in [0, 0.05) is 19.4 Å². The third-order valence-electron chi connectivity index (χ3n) is 2.45. The molecule has 0 spiro atoms. The second kappa shape index (κ2) is 5.11. The number of nitrogens with one attached hydrogen (secondary N) is 1. The van der Waals surface area contributed by atoms with E-state index in [-0.39, 0.29) is 16.3 Å². The Kier molecular flexibility index (Phi) is 3.69.